The van der Waals surface area contributed by atoms with Gasteiger partial charge in [-0.15, -0.1) is 0 Å². The Kier molecular flexibility index (Phi) is 2.88. The summed E-state index contributed by atoms with van der Waals surface area (Å²) in [5.41, 5.74) is 2.50. The van der Waals surface area contributed by atoms with E-state index in [-0.39, 0.29) is 5.92 Å². The Morgan fingerprint density at radius 3 is 3.00 bits per heavy atom. The highest BCUT2D eigenvalue weighted by molar-refractivity contribution is 14.1. The Bertz CT molecular complexity index is 451. The minimum atomic E-state index is 0.172. The largest absolute Gasteiger partial charge is 0.342 e. The standard InChI is InChI=1S/C12H16IN3O/c1-7-5-16(6-7)12(17)8-2-3-9-10(4-8)14-15-11(9)13/h7-8H,2-6H2,1H3,(H,14,15). The highest BCUT2D eigenvalue weighted by Crippen LogP contribution is 2.29. The van der Waals surface area contributed by atoms with Gasteiger partial charge in [-0.25, -0.2) is 0 Å². The molecule has 0 bridgehead atoms. The summed E-state index contributed by atoms with van der Waals surface area (Å²) in [5, 5.41) is 7.29. The molecule has 1 atom stereocenters. The molecule has 1 aliphatic heterocycles. The normalized spacial score (nSPS) is 24.4. The fourth-order valence-corrected chi connectivity index (χ4v) is 3.53. The summed E-state index contributed by atoms with van der Waals surface area (Å²) in [4.78, 5) is 14.2. The molecule has 17 heavy (non-hydrogen) atoms. The fraction of sp³-hybridized carbons (Fsp3) is 0.667. The van der Waals surface area contributed by atoms with Crippen molar-refractivity contribution in [3.05, 3.63) is 15.0 Å². The smallest absolute Gasteiger partial charge is 0.226 e. The van der Waals surface area contributed by atoms with Gasteiger partial charge in [-0.05, 0) is 41.4 Å². The topological polar surface area (TPSA) is 49.0 Å². The number of rotatable bonds is 1. The lowest BCUT2D eigenvalue weighted by molar-refractivity contribution is -0.142. The lowest BCUT2D eigenvalue weighted by Crippen LogP contribution is -2.51. The van der Waals surface area contributed by atoms with Crippen molar-refractivity contribution >= 4 is 28.5 Å². The Morgan fingerprint density at radius 2 is 2.29 bits per heavy atom. The maximum atomic E-state index is 12.2. The van der Waals surface area contributed by atoms with Gasteiger partial charge in [0.15, 0.2) is 0 Å². The monoisotopic (exact) mass is 345 g/mol. The Labute approximate surface area is 114 Å². The zero-order chi connectivity index (χ0) is 12.0. The molecule has 1 saturated heterocycles. The Morgan fingerprint density at radius 1 is 1.53 bits per heavy atom. The summed E-state index contributed by atoms with van der Waals surface area (Å²) in [6, 6.07) is 0. The molecule has 1 fully saturated rings. The molecule has 1 amide bonds. The van der Waals surface area contributed by atoms with E-state index in [0.717, 1.165) is 36.1 Å². The predicted molar refractivity (Wildman–Crippen MR) is 72.6 cm³/mol. The number of fused-ring (bicyclic) bond motifs is 1. The van der Waals surface area contributed by atoms with E-state index < -0.39 is 0 Å². The summed E-state index contributed by atoms with van der Waals surface area (Å²) < 4.78 is 1.07. The van der Waals surface area contributed by atoms with Crippen LogP contribution in [-0.2, 0) is 17.6 Å². The van der Waals surface area contributed by atoms with E-state index in [4.69, 9.17) is 0 Å². The molecule has 1 unspecified atom stereocenters. The number of amides is 1. The van der Waals surface area contributed by atoms with Crippen molar-refractivity contribution in [2.45, 2.75) is 26.2 Å². The van der Waals surface area contributed by atoms with Gasteiger partial charge in [0.2, 0.25) is 5.91 Å². The maximum absolute atomic E-state index is 12.2. The first-order chi connectivity index (χ1) is 8.15. The quantitative estimate of drug-likeness (QED) is 0.786. The number of carbonyl (C=O) groups is 1. The minimum absolute atomic E-state index is 0.172. The molecule has 2 aliphatic rings. The molecular weight excluding hydrogens is 329 g/mol. The van der Waals surface area contributed by atoms with E-state index in [1.54, 1.807) is 0 Å². The number of hydrogen-bond acceptors (Lipinski definition) is 2. The average Bonchev–Trinajstić information content (AvgIpc) is 2.66. The van der Waals surface area contributed by atoms with Gasteiger partial charge in [0.05, 0.1) is 0 Å². The highest BCUT2D eigenvalue weighted by Gasteiger charge is 2.34. The van der Waals surface area contributed by atoms with Gasteiger partial charge in [-0.1, -0.05) is 6.92 Å². The molecule has 0 aromatic carbocycles. The number of aromatic amines is 1. The van der Waals surface area contributed by atoms with E-state index >= 15 is 0 Å². The maximum Gasteiger partial charge on any atom is 0.226 e. The van der Waals surface area contributed by atoms with Crippen molar-refractivity contribution in [2.24, 2.45) is 11.8 Å². The minimum Gasteiger partial charge on any atom is -0.342 e. The zero-order valence-electron chi connectivity index (χ0n) is 9.87. The van der Waals surface area contributed by atoms with Crippen LogP contribution in [0.4, 0.5) is 0 Å². The predicted octanol–water partition coefficient (Wildman–Crippen LogP) is 1.60. The molecule has 1 aliphatic carbocycles. The molecule has 1 aromatic rings. The van der Waals surface area contributed by atoms with Crippen LogP contribution in [0.3, 0.4) is 0 Å². The third kappa shape index (κ3) is 1.98. The van der Waals surface area contributed by atoms with Crippen molar-refractivity contribution in [2.75, 3.05) is 13.1 Å². The molecule has 1 N–H and O–H groups in total. The van der Waals surface area contributed by atoms with E-state index in [0.29, 0.717) is 11.8 Å². The summed E-state index contributed by atoms with van der Waals surface area (Å²) in [7, 11) is 0. The number of nitrogens with zero attached hydrogens (tertiary/aromatic N) is 2. The summed E-state index contributed by atoms with van der Waals surface area (Å²) in [6.45, 7) is 4.09. The number of carbonyl (C=O) groups excluding carboxylic acids is 1. The SMILES string of the molecule is CC1CN(C(=O)C2CCc3c(I)n[nH]c3C2)C1. The highest BCUT2D eigenvalue weighted by atomic mass is 127. The lowest BCUT2D eigenvalue weighted by atomic mass is 9.86. The second-order valence-corrected chi connectivity index (χ2v) is 6.28. The van der Waals surface area contributed by atoms with Gasteiger partial charge in [0.25, 0.3) is 0 Å². The molecule has 0 spiro atoms. The number of aromatic nitrogens is 2. The lowest BCUT2D eigenvalue weighted by Gasteiger charge is -2.40. The second-order valence-electron chi connectivity index (χ2n) is 5.26. The Hall–Kier alpha value is -0.590. The first-order valence-electron chi connectivity index (χ1n) is 6.15. The first-order valence-corrected chi connectivity index (χ1v) is 7.23. The average molecular weight is 345 g/mol. The number of H-pyrrole nitrogens is 1. The molecule has 3 rings (SSSR count). The van der Waals surface area contributed by atoms with Gasteiger partial charge in [-0.3, -0.25) is 9.89 Å². The third-order valence-electron chi connectivity index (χ3n) is 3.82. The van der Waals surface area contributed by atoms with Gasteiger partial charge in [0, 0.05) is 36.7 Å². The second kappa shape index (κ2) is 4.26. The van der Waals surface area contributed by atoms with Crippen molar-refractivity contribution in [1.82, 2.24) is 15.1 Å². The molecule has 4 nitrogen and oxygen atoms in total. The van der Waals surface area contributed by atoms with Crippen molar-refractivity contribution < 1.29 is 4.79 Å². The van der Waals surface area contributed by atoms with Crippen LogP contribution in [0.15, 0.2) is 0 Å². The van der Waals surface area contributed by atoms with Crippen LogP contribution in [0.2, 0.25) is 0 Å². The van der Waals surface area contributed by atoms with Gasteiger partial charge in [-0.2, -0.15) is 5.10 Å². The molecule has 0 radical (unpaired) electrons. The first kappa shape index (κ1) is 11.5. The number of halogens is 1. The molecule has 92 valence electrons. The molecule has 5 heteroatoms. The molecular formula is C12H16IN3O. The Balaban J connectivity index is 1.69. The summed E-state index contributed by atoms with van der Waals surface area (Å²) >= 11 is 2.26. The fourth-order valence-electron chi connectivity index (χ4n) is 2.81. The summed E-state index contributed by atoms with van der Waals surface area (Å²) in [6.07, 6.45) is 2.81. The van der Waals surface area contributed by atoms with Crippen LogP contribution in [0, 0.1) is 15.5 Å². The van der Waals surface area contributed by atoms with E-state index in [1.807, 2.05) is 4.90 Å². The van der Waals surface area contributed by atoms with Gasteiger partial charge >= 0.3 is 0 Å². The van der Waals surface area contributed by atoms with Crippen LogP contribution < -0.4 is 0 Å². The molecule has 1 aromatic heterocycles. The van der Waals surface area contributed by atoms with E-state index in [1.165, 1.54) is 11.3 Å². The van der Waals surface area contributed by atoms with Gasteiger partial charge in [0.1, 0.15) is 3.70 Å². The van der Waals surface area contributed by atoms with Crippen molar-refractivity contribution in [1.29, 1.82) is 0 Å². The van der Waals surface area contributed by atoms with Crippen molar-refractivity contribution in [3.63, 3.8) is 0 Å². The third-order valence-corrected chi connectivity index (χ3v) is 4.71. The van der Waals surface area contributed by atoms with Crippen LogP contribution in [0.5, 0.6) is 0 Å². The van der Waals surface area contributed by atoms with Gasteiger partial charge < -0.3 is 4.90 Å². The summed E-state index contributed by atoms with van der Waals surface area (Å²) in [5.74, 6) is 1.20. The van der Waals surface area contributed by atoms with E-state index in [2.05, 4.69) is 39.7 Å². The van der Waals surface area contributed by atoms with Crippen LogP contribution in [0.1, 0.15) is 24.6 Å². The van der Waals surface area contributed by atoms with Crippen LogP contribution >= 0.6 is 22.6 Å². The van der Waals surface area contributed by atoms with Crippen LogP contribution in [-0.4, -0.2) is 34.1 Å². The van der Waals surface area contributed by atoms with E-state index in [9.17, 15) is 4.79 Å². The van der Waals surface area contributed by atoms with Crippen molar-refractivity contribution in [3.8, 4) is 0 Å². The number of hydrogen-bond donors (Lipinski definition) is 1. The number of likely N-dealkylation sites (tertiary alicyclic amines) is 1. The zero-order valence-corrected chi connectivity index (χ0v) is 12.0. The molecule has 0 saturated carbocycles. The van der Waals surface area contributed by atoms with Crippen LogP contribution in [0.25, 0.3) is 0 Å². The molecule has 2 heterocycles. The number of nitrogens with one attached hydrogen (secondary N) is 1.